The smallest absolute Gasteiger partial charge is 0.220 e. The monoisotopic (exact) mass is 265 g/mol. The van der Waals surface area contributed by atoms with Crippen molar-refractivity contribution >= 4 is 5.91 Å². The van der Waals surface area contributed by atoms with E-state index in [0.29, 0.717) is 25.3 Å². The van der Waals surface area contributed by atoms with Crippen molar-refractivity contribution in [2.45, 2.75) is 52.3 Å². The lowest BCUT2D eigenvalue weighted by Crippen LogP contribution is -2.26. The minimum absolute atomic E-state index is 0.00310. The highest BCUT2D eigenvalue weighted by Crippen LogP contribution is 2.15. The van der Waals surface area contributed by atoms with Gasteiger partial charge < -0.3 is 15.8 Å². The topological polar surface area (TPSA) is 77.2 Å². The Hall–Kier alpha value is -1.62. The van der Waals surface area contributed by atoms with Crippen LogP contribution in [0.4, 0.5) is 0 Å². The van der Waals surface area contributed by atoms with Gasteiger partial charge in [0, 0.05) is 30.8 Å². The maximum Gasteiger partial charge on any atom is 0.220 e. The fraction of sp³-hybridized carbons (Fsp3) is 0.571. The fourth-order valence-corrected chi connectivity index (χ4v) is 1.53. The molecule has 1 rings (SSSR count). The Bertz CT molecular complexity index is 405. The van der Waals surface area contributed by atoms with Crippen LogP contribution in [0.2, 0.25) is 0 Å². The molecule has 5 nitrogen and oxygen atoms in total. The average Bonchev–Trinajstić information content (AvgIpc) is 2.34. The molecule has 5 heteroatoms. The molecule has 1 aromatic heterocycles. The normalized spacial score (nSPS) is 12.3. The van der Waals surface area contributed by atoms with Crippen molar-refractivity contribution in [3.05, 3.63) is 23.9 Å². The fourth-order valence-electron chi connectivity index (χ4n) is 1.53. The van der Waals surface area contributed by atoms with Crippen molar-refractivity contribution in [2.75, 3.05) is 0 Å². The number of aromatic nitrogens is 1. The Balaban J connectivity index is 2.50. The standard InChI is InChI=1S/C14H23N3O2/c1-10(2)19-14-12(5-4-8-16-14)9-17-13(18)7-6-11(3)15/h4-5,8,10-11H,6-7,9,15H2,1-3H3,(H,17,18). The van der Waals surface area contributed by atoms with E-state index in [4.69, 9.17) is 10.5 Å². The number of ether oxygens (including phenoxy) is 1. The molecule has 0 aliphatic rings. The highest BCUT2D eigenvalue weighted by Gasteiger charge is 2.08. The van der Waals surface area contributed by atoms with E-state index in [9.17, 15) is 4.79 Å². The van der Waals surface area contributed by atoms with Crippen LogP contribution >= 0.6 is 0 Å². The van der Waals surface area contributed by atoms with Crippen molar-refractivity contribution in [3.63, 3.8) is 0 Å². The minimum atomic E-state index is -0.00310. The summed E-state index contributed by atoms with van der Waals surface area (Å²) in [6.45, 7) is 6.20. The minimum Gasteiger partial charge on any atom is -0.475 e. The van der Waals surface area contributed by atoms with Gasteiger partial charge in [-0.1, -0.05) is 6.07 Å². The maximum atomic E-state index is 11.6. The molecule has 0 saturated heterocycles. The molecule has 106 valence electrons. The lowest BCUT2D eigenvalue weighted by Gasteiger charge is -2.13. The number of pyridine rings is 1. The van der Waals surface area contributed by atoms with Crippen molar-refractivity contribution < 1.29 is 9.53 Å². The second-order valence-electron chi connectivity index (χ2n) is 4.93. The van der Waals surface area contributed by atoms with Gasteiger partial charge in [0.25, 0.3) is 0 Å². The molecular weight excluding hydrogens is 242 g/mol. The van der Waals surface area contributed by atoms with Gasteiger partial charge in [0.2, 0.25) is 11.8 Å². The molecule has 1 unspecified atom stereocenters. The van der Waals surface area contributed by atoms with Gasteiger partial charge in [0.1, 0.15) is 0 Å². The number of carbonyl (C=O) groups is 1. The molecule has 3 N–H and O–H groups in total. The summed E-state index contributed by atoms with van der Waals surface area (Å²) in [5, 5.41) is 2.85. The molecule has 0 aromatic carbocycles. The van der Waals surface area contributed by atoms with Crippen LogP contribution in [-0.2, 0) is 11.3 Å². The lowest BCUT2D eigenvalue weighted by molar-refractivity contribution is -0.121. The molecule has 1 atom stereocenters. The van der Waals surface area contributed by atoms with E-state index >= 15 is 0 Å². The molecule has 19 heavy (non-hydrogen) atoms. The Morgan fingerprint density at radius 2 is 2.21 bits per heavy atom. The second kappa shape index (κ2) is 7.74. The molecule has 0 aliphatic heterocycles. The molecule has 0 spiro atoms. The van der Waals surface area contributed by atoms with Crippen molar-refractivity contribution in [1.82, 2.24) is 10.3 Å². The summed E-state index contributed by atoms with van der Waals surface area (Å²) in [4.78, 5) is 15.8. The zero-order valence-electron chi connectivity index (χ0n) is 11.8. The van der Waals surface area contributed by atoms with Gasteiger partial charge in [0.05, 0.1) is 6.10 Å². The molecule has 0 aliphatic carbocycles. The summed E-state index contributed by atoms with van der Waals surface area (Å²) in [7, 11) is 0. The molecule has 0 bridgehead atoms. The van der Waals surface area contributed by atoms with E-state index in [1.54, 1.807) is 6.20 Å². The van der Waals surface area contributed by atoms with E-state index in [1.807, 2.05) is 32.9 Å². The third kappa shape index (κ3) is 6.20. The zero-order valence-corrected chi connectivity index (χ0v) is 11.8. The quantitative estimate of drug-likeness (QED) is 0.785. The summed E-state index contributed by atoms with van der Waals surface area (Å²) in [6, 6.07) is 3.77. The van der Waals surface area contributed by atoms with Gasteiger partial charge in [-0.25, -0.2) is 4.98 Å². The summed E-state index contributed by atoms with van der Waals surface area (Å²) in [6.07, 6.45) is 2.87. The van der Waals surface area contributed by atoms with Gasteiger partial charge >= 0.3 is 0 Å². The number of nitrogens with zero attached hydrogens (tertiary/aromatic N) is 1. The van der Waals surface area contributed by atoms with Crippen LogP contribution in [0.15, 0.2) is 18.3 Å². The summed E-state index contributed by atoms with van der Waals surface area (Å²) in [5.41, 5.74) is 6.50. The summed E-state index contributed by atoms with van der Waals surface area (Å²) >= 11 is 0. The van der Waals surface area contributed by atoms with Gasteiger partial charge in [-0.3, -0.25) is 4.79 Å². The van der Waals surface area contributed by atoms with Crippen LogP contribution < -0.4 is 15.8 Å². The summed E-state index contributed by atoms with van der Waals surface area (Å²) in [5.74, 6) is 0.571. The van der Waals surface area contributed by atoms with E-state index in [0.717, 1.165) is 5.56 Å². The average molecular weight is 265 g/mol. The maximum absolute atomic E-state index is 11.6. The Morgan fingerprint density at radius 1 is 1.47 bits per heavy atom. The highest BCUT2D eigenvalue weighted by atomic mass is 16.5. The van der Waals surface area contributed by atoms with Crippen molar-refractivity contribution in [3.8, 4) is 5.88 Å². The van der Waals surface area contributed by atoms with E-state index in [2.05, 4.69) is 10.3 Å². The second-order valence-corrected chi connectivity index (χ2v) is 4.93. The Labute approximate surface area is 114 Å². The first-order valence-electron chi connectivity index (χ1n) is 6.62. The Kier molecular flexibility index (Phi) is 6.29. The molecule has 1 aromatic rings. The number of rotatable bonds is 7. The number of nitrogens with two attached hydrogens (primary N) is 1. The van der Waals surface area contributed by atoms with E-state index < -0.39 is 0 Å². The van der Waals surface area contributed by atoms with Crippen LogP contribution in [0.1, 0.15) is 39.2 Å². The molecule has 0 saturated carbocycles. The first-order valence-corrected chi connectivity index (χ1v) is 6.62. The van der Waals surface area contributed by atoms with Crippen LogP contribution in [0, 0.1) is 0 Å². The molecule has 1 amide bonds. The predicted octanol–water partition coefficient (Wildman–Crippen LogP) is 1.61. The van der Waals surface area contributed by atoms with Gasteiger partial charge in [0.15, 0.2) is 0 Å². The third-order valence-electron chi connectivity index (χ3n) is 2.50. The van der Waals surface area contributed by atoms with Gasteiger partial charge in [-0.15, -0.1) is 0 Å². The lowest BCUT2D eigenvalue weighted by atomic mass is 10.2. The van der Waals surface area contributed by atoms with Crippen LogP contribution in [-0.4, -0.2) is 23.0 Å². The van der Waals surface area contributed by atoms with Crippen LogP contribution in [0.5, 0.6) is 5.88 Å². The largest absolute Gasteiger partial charge is 0.475 e. The van der Waals surface area contributed by atoms with Crippen LogP contribution in [0.25, 0.3) is 0 Å². The highest BCUT2D eigenvalue weighted by molar-refractivity contribution is 5.75. The zero-order chi connectivity index (χ0) is 14.3. The van der Waals surface area contributed by atoms with E-state index in [1.165, 1.54) is 0 Å². The van der Waals surface area contributed by atoms with Gasteiger partial charge in [-0.2, -0.15) is 0 Å². The number of hydrogen-bond donors (Lipinski definition) is 2. The predicted molar refractivity (Wildman–Crippen MR) is 74.7 cm³/mol. The number of carbonyl (C=O) groups excluding carboxylic acids is 1. The number of nitrogens with one attached hydrogen (secondary N) is 1. The molecule has 0 fully saturated rings. The number of hydrogen-bond acceptors (Lipinski definition) is 4. The first-order chi connectivity index (χ1) is 8.99. The summed E-state index contributed by atoms with van der Waals surface area (Å²) < 4.78 is 5.59. The van der Waals surface area contributed by atoms with Crippen molar-refractivity contribution in [1.29, 1.82) is 0 Å². The Morgan fingerprint density at radius 3 is 2.84 bits per heavy atom. The number of amides is 1. The molecular formula is C14H23N3O2. The van der Waals surface area contributed by atoms with Crippen LogP contribution in [0.3, 0.4) is 0 Å². The SMILES string of the molecule is CC(N)CCC(=O)NCc1cccnc1OC(C)C. The van der Waals surface area contributed by atoms with E-state index in [-0.39, 0.29) is 18.1 Å². The van der Waals surface area contributed by atoms with Gasteiger partial charge in [-0.05, 0) is 33.3 Å². The molecule has 1 heterocycles. The third-order valence-corrected chi connectivity index (χ3v) is 2.50. The first kappa shape index (κ1) is 15.4. The van der Waals surface area contributed by atoms with Crippen molar-refractivity contribution in [2.24, 2.45) is 5.73 Å². The molecule has 0 radical (unpaired) electrons.